The van der Waals surface area contributed by atoms with Crippen LogP contribution in [0.15, 0.2) is 10.2 Å². The molecule has 136 valence electrons. The zero-order valence-electron chi connectivity index (χ0n) is 14.2. The van der Waals surface area contributed by atoms with Crippen molar-refractivity contribution in [2.75, 3.05) is 19.1 Å². The third-order valence-electron chi connectivity index (χ3n) is 2.85. The van der Waals surface area contributed by atoms with Gasteiger partial charge in [-0.2, -0.15) is 22.0 Å². The fourth-order valence-corrected chi connectivity index (χ4v) is 2.06. The summed E-state index contributed by atoms with van der Waals surface area (Å²) in [4.78, 5) is 11.2. The van der Waals surface area contributed by atoms with Gasteiger partial charge in [0.15, 0.2) is 10.2 Å². The molecule has 8 nitrogen and oxygen atoms in total. The number of hydrogen-bond acceptors (Lipinski definition) is 6. The molecule has 0 aliphatic heterocycles. The van der Waals surface area contributed by atoms with E-state index in [9.17, 15) is 9.90 Å². The van der Waals surface area contributed by atoms with Crippen molar-refractivity contribution in [3.05, 3.63) is 0 Å². The fraction of sp³-hybridized carbons (Fsp3) is 0.615. The molecule has 0 aromatic carbocycles. The average molecular weight is 393 g/mol. The van der Waals surface area contributed by atoms with Gasteiger partial charge in [-0.25, -0.2) is 4.79 Å². The smallest absolute Gasteiger partial charge is 0.326 e. The molecule has 0 aliphatic carbocycles. The second-order valence-electron chi connectivity index (χ2n) is 4.70. The van der Waals surface area contributed by atoms with E-state index in [0.29, 0.717) is 23.0 Å². The Bertz CT molecular complexity index is 510. The normalized spacial score (nSPS) is 13.0. The maximum atomic E-state index is 11.2. The van der Waals surface area contributed by atoms with E-state index in [1.165, 1.54) is 0 Å². The summed E-state index contributed by atoms with van der Waals surface area (Å²) >= 11 is 11.7. The monoisotopic (exact) mass is 392 g/mol. The van der Waals surface area contributed by atoms with Gasteiger partial charge in [-0.05, 0) is 63.1 Å². The van der Waals surface area contributed by atoms with Gasteiger partial charge >= 0.3 is 5.97 Å². The molecular weight excluding hydrogens is 368 g/mol. The summed E-state index contributed by atoms with van der Waals surface area (Å²) in [6, 6.07) is -0.739. The SMILES string of the molecule is CNC(=S)N/N=C(C)/C(C)=N/NC(=S)NC(CCCSC)C(=O)O. The standard InChI is InChI=1S/C13H24N6O2S3/c1-8(16-18-12(22)14-3)9(2)17-19-13(23)15-10(11(20)21)6-5-7-24-4/h10H,5-7H2,1-4H3,(H,20,21)(H2,14,18,22)(H2,15,19,23)/b16-8+,17-9+. The van der Waals surface area contributed by atoms with Crippen LogP contribution in [0.2, 0.25) is 0 Å². The molecule has 0 aliphatic rings. The molecule has 0 spiro atoms. The number of thiocarbonyl (C=S) groups is 2. The molecule has 1 unspecified atom stereocenters. The van der Waals surface area contributed by atoms with Crippen LogP contribution in [0.1, 0.15) is 26.7 Å². The quantitative estimate of drug-likeness (QED) is 0.169. The van der Waals surface area contributed by atoms with E-state index in [0.717, 1.165) is 12.2 Å². The van der Waals surface area contributed by atoms with Crippen molar-refractivity contribution in [1.82, 2.24) is 21.5 Å². The van der Waals surface area contributed by atoms with Crippen LogP contribution in [0.3, 0.4) is 0 Å². The minimum atomic E-state index is -0.941. The van der Waals surface area contributed by atoms with Gasteiger partial charge < -0.3 is 15.7 Å². The second-order valence-corrected chi connectivity index (χ2v) is 6.50. The number of rotatable bonds is 9. The highest BCUT2D eigenvalue weighted by Crippen LogP contribution is 2.03. The topological polar surface area (TPSA) is 110 Å². The van der Waals surface area contributed by atoms with Crippen molar-refractivity contribution in [3.63, 3.8) is 0 Å². The van der Waals surface area contributed by atoms with Gasteiger partial charge in [-0.15, -0.1) is 0 Å². The molecule has 0 radical (unpaired) electrons. The van der Waals surface area contributed by atoms with Gasteiger partial charge in [-0.3, -0.25) is 10.9 Å². The largest absolute Gasteiger partial charge is 0.480 e. The Morgan fingerprint density at radius 2 is 1.71 bits per heavy atom. The number of nitrogens with zero attached hydrogens (tertiary/aromatic N) is 2. The molecule has 0 amide bonds. The van der Waals surface area contributed by atoms with Crippen LogP contribution in [0.5, 0.6) is 0 Å². The Kier molecular flexibility index (Phi) is 12.1. The van der Waals surface area contributed by atoms with Gasteiger partial charge in [-0.1, -0.05) is 0 Å². The first-order valence-corrected chi connectivity index (χ1v) is 9.37. The number of carboxylic acid groups (broad SMARTS) is 1. The summed E-state index contributed by atoms with van der Waals surface area (Å²) in [5.74, 6) is -0.0384. The van der Waals surface area contributed by atoms with Gasteiger partial charge in [0.1, 0.15) is 6.04 Å². The Morgan fingerprint density at radius 3 is 2.17 bits per heavy atom. The second kappa shape index (κ2) is 12.9. The number of nitrogens with one attached hydrogen (secondary N) is 4. The molecule has 1 atom stereocenters. The molecule has 11 heteroatoms. The minimum Gasteiger partial charge on any atom is -0.480 e. The van der Waals surface area contributed by atoms with Crippen LogP contribution in [-0.2, 0) is 4.79 Å². The van der Waals surface area contributed by atoms with Crippen LogP contribution < -0.4 is 21.5 Å². The molecule has 0 rings (SSSR count). The number of hydrogen-bond donors (Lipinski definition) is 5. The Labute approximate surface area is 157 Å². The summed E-state index contributed by atoms with van der Waals surface area (Å²) in [6.07, 6.45) is 3.26. The van der Waals surface area contributed by atoms with E-state index in [1.54, 1.807) is 32.7 Å². The van der Waals surface area contributed by atoms with E-state index >= 15 is 0 Å². The maximum Gasteiger partial charge on any atom is 0.326 e. The summed E-state index contributed by atoms with van der Waals surface area (Å²) in [7, 11) is 1.69. The minimum absolute atomic E-state index is 0.150. The first kappa shape index (κ1) is 22.5. The molecule has 0 bridgehead atoms. The van der Waals surface area contributed by atoms with Crippen molar-refractivity contribution >= 4 is 63.8 Å². The molecular formula is C13H24N6O2S3. The van der Waals surface area contributed by atoms with Crippen LogP contribution in [0, 0.1) is 0 Å². The van der Waals surface area contributed by atoms with E-state index in [-0.39, 0.29) is 5.11 Å². The lowest BCUT2D eigenvalue weighted by Crippen LogP contribution is -2.44. The molecule has 0 heterocycles. The highest BCUT2D eigenvalue weighted by molar-refractivity contribution is 7.98. The van der Waals surface area contributed by atoms with E-state index < -0.39 is 12.0 Å². The summed E-state index contributed by atoms with van der Waals surface area (Å²) < 4.78 is 0. The highest BCUT2D eigenvalue weighted by Gasteiger charge is 2.17. The van der Waals surface area contributed by atoms with Crippen LogP contribution in [0.25, 0.3) is 0 Å². The molecule has 0 aromatic rings. The van der Waals surface area contributed by atoms with Crippen molar-refractivity contribution in [3.8, 4) is 0 Å². The molecule has 0 aromatic heterocycles. The first-order valence-electron chi connectivity index (χ1n) is 7.16. The predicted octanol–water partition coefficient (Wildman–Crippen LogP) is 0.893. The molecule has 0 fully saturated rings. The zero-order chi connectivity index (χ0) is 18.5. The molecule has 0 saturated heterocycles. The van der Waals surface area contributed by atoms with E-state index in [1.807, 2.05) is 6.26 Å². The Hall–Kier alpha value is -1.46. The lowest BCUT2D eigenvalue weighted by atomic mass is 10.2. The fourth-order valence-electron chi connectivity index (χ4n) is 1.37. The van der Waals surface area contributed by atoms with Crippen molar-refractivity contribution in [2.24, 2.45) is 10.2 Å². The molecule has 0 saturated carbocycles. The van der Waals surface area contributed by atoms with Crippen molar-refractivity contribution in [1.29, 1.82) is 0 Å². The highest BCUT2D eigenvalue weighted by atomic mass is 32.2. The Morgan fingerprint density at radius 1 is 1.17 bits per heavy atom. The number of hydrazone groups is 2. The van der Waals surface area contributed by atoms with E-state index in [2.05, 4.69) is 31.7 Å². The molecule has 24 heavy (non-hydrogen) atoms. The number of carboxylic acids is 1. The van der Waals surface area contributed by atoms with Crippen LogP contribution in [0.4, 0.5) is 0 Å². The number of aliphatic carboxylic acids is 1. The third kappa shape index (κ3) is 10.3. The lowest BCUT2D eigenvalue weighted by molar-refractivity contribution is -0.139. The number of thioether (sulfide) groups is 1. The van der Waals surface area contributed by atoms with Gasteiger partial charge in [0, 0.05) is 7.05 Å². The maximum absolute atomic E-state index is 11.2. The van der Waals surface area contributed by atoms with E-state index in [4.69, 9.17) is 24.4 Å². The predicted molar refractivity (Wildman–Crippen MR) is 109 cm³/mol. The third-order valence-corrected chi connectivity index (χ3v) is 4.05. The number of carbonyl (C=O) groups is 1. The zero-order valence-corrected chi connectivity index (χ0v) is 16.6. The average Bonchev–Trinajstić information content (AvgIpc) is 2.56. The Balaban J connectivity index is 4.51. The van der Waals surface area contributed by atoms with Crippen LogP contribution in [-0.4, -0.2) is 57.8 Å². The first-order chi connectivity index (χ1) is 11.3. The van der Waals surface area contributed by atoms with Crippen LogP contribution >= 0.6 is 36.2 Å². The summed E-state index contributed by atoms with van der Waals surface area (Å²) in [5, 5.41) is 23.3. The van der Waals surface area contributed by atoms with Gasteiger partial charge in [0.25, 0.3) is 0 Å². The molecule has 5 N–H and O–H groups in total. The van der Waals surface area contributed by atoms with Crippen molar-refractivity contribution in [2.45, 2.75) is 32.7 Å². The summed E-state index contributed by atoms with van der Waals surface area (Å²) in [5.41, 5.74) is 6.46. The van der Waals surface area contributed by atoms with Gasteiger partial charge in [0.2, 0.25) is 0 Å². The lowest BCUT2D eigenvalue weighted by Gasteiger charge is -2.15. The summed E-state index contributed by atoms with van der Waals surface area (Å²) in [6.45, 7) is 3.50. The van der Waals surface area contributed by atoms with Gasteiger partial charge in [0.05, 0.1) is 11.4 Å². The van der Waals surface area contributed by atoms with Crippen molar-refractivity contribution < 1.29 is 9.90 Å².